The first-order chi connectivity index (χ1) is 6.79. The van der Waals surface area contributed by atoms with Crippen LogP contribution < -0.4 is 0 Å². The Bertz CT molecular complexity index is 383. The number of carbonyl (C=O) groups is 1. The number of hydrogen-bond donors (Lipinski definition) is 1. The van der Waals surface area contributed by atoms with Crippen LogP contribution in [0.5, 0.6) is 0 Å². The highest BCUT2D eigenvalue weighted by Crippen LogP contribution is 2.12. The topological polar surface area (TPSA) is 37.3 Å². The molecule has 1 aromatic rings. The first-order valence-electron chi connectivity index (χ1n) is 4.41. The molecule has 0 bridgehead atoms. The van der Waals surface area contributed by atoms with Crippen LogP contribution in [0.3, 0.4) is 0 Å². The predicted octanol–water partition coefficient (Wildman–Crippen LogP) is 1.43. The number of aliphatic hydroxyl groups is 1. The molecule has 0 spiro atoms. The molecule has 0 aliphatic carbocycles. The molecule has 1 rings (SSSR count). The lowest BCUT2D eigenvalue weighted by Gasteiger charge is -2.03. The van der Waals surface area contributed by atoms with Crippen LogP contribution in [0.25, 0.3) is 0 Å². The van der Waals surface area contributed by atoms with Gasteiger partial charge < -0.3 is 9.90 Å². The fraction of sp³-hybridized carbons (Fsp3) is 0.250. The third kappa shape index (κ3) is 2.45. The minimum Gasteiger partial charge on any atom is -0.392 e. The molecule has 0 aromatic heterocycles. The van der Waals surface area contributed by atoms with Crippen molar-refractivity contribution in [1.82, 2.24) is 0 Å². The van der Waals surface area contributed by atoms with E-state index in [1.807, 2.05) is 25.1 Å². The van der Waals surface area contributed by atoms with Crippen molar-refractivity contribution in [2.75, 3.05) is 0 Å². The van der Waals surface area contributed by atoms with Crippen LogP contribution in [-0.2, 0) is 11.4 Å². The van der Waals surface area contributed by atoms with Gasteiger partial charge in [-0.25, -0.2) is 0 Å². The van der Waals surface area contributed by atoms with E-state index in [4.69, 9.17) is 5.11 Å². The van der Waals surface area contributed by atoms with Gasteiger partial charge in [-0.15, -0.1) is 0 Å². The third-order valence-corrected chi connectivity index (χ3v) is 2.02. The molecule has 0 heterocycles. The van der Waals surface area contributed by atoms with E-state index in [-0.39, 0.29) is 13.0 Å². The lowest BCUT2D eigenvalue weighted by molar-refractivity contribution is -0.107. The molecule has 2 heteroatoms. The molecule has 0 aliphatic heterocycles. The van der Waals surface area contributed by atoms with Crippen LogP contribution in [-0.4, -0.2) is 11.4 Å². The fourth-order valence-electron chi connectivity index (χ4n) is 1.18. The molecular formula is C12H12O2. The molecule has 2 nitrogen and oxygen atoms in total. The van der Waals surface area contributed by atoms with Crippen LogP contribution in [0.4, 0.5) is 0 Å². The molecule has 72 valence electrons. The molecule has 1 aromatic carbocycles. The average Bonchev–Trinajstić information content (AvgIpc) is 2.21. The van der Waals surface area contributed by atoms with E-state index in [9.17, 15) is 4.79 Å². The highest BCUT2D eigenvalue weighted by molar-refractivity contribution is 5.55. The maximum atomic E-state index is 10.1. The van der Waals surface area contributed by atoms with Crippen molar-refractivity contribution >= 4 is 6.29 Å². The van der Waals surface area contributed by atoms with Crippen LogP contribution in [0.2, 0.25) is 0 Å². The van der Waals surface area contributed by atoms with Gasteiger partial charge in [0.15, 0.2) is 0 Å². The van der Waals surface area contributed by atoms with Gasteiger partial charge in [0.05, 0.1) is 13.0 Å². The van der Waals surface area contributed by atoms with Crippen LogP contribution in [0, 0.1) is 18.8 Å². The highest BCUT2D eigenvalue weighted by Gasteiger charge is 1.99. The molecule has 0 amide bonds. The van der Waals surface area contributed by atoms with E-state index < -0.39 is 0 Å². The van der Waals surface area contributed by atoms with Gasteiger partial charge in [0.25, 0.3) is 0 Å². The molecule has 0 fully saturated rings. The van der Waals surface area contributed by atoms with Gasteiger partial charge >= 0.3 is 0 Å². The summed E-state index contributed by atoms with van der Waals surface area (Å²) in [5.74, 6) is 5.64. The number of carbonyl (C=O) groups excluding carboxylic acids is 1. The third-order valence-electron chi connectivity index (χ3n) is 2.02. The molecular weight excluding hydrogens is 176 g/mol. The first kappa shape index (κ1) is 10.5. The molecule has 14 heavy (non-hydrogen) atoms. The van der Waals surface area contributed by atoms with Crippen molar-refractivity contribution in [3.63, 3.8) is 0 Å². The van der Waals surface area contributed by atoms with Gasteiger partial charge in [-0.05, 0) is 24.1 Å². The summed E-state index contributed by atoms with van der Waals surface area (Å²) in [6.07, 6.45) is 1.03. The Balaban J connectivity index is 2.99. The van der Waals surface area contributed by atoms with Crippen LogP contribution >= 0.6 is 0 Å². The molecule has 0 unspecified atom stereocenters. The number of hydrogen-bond acceptors (Lipinski definition) is 2. The van der Waals surface area contributed by atoms with Gasteiger partial charge in [0.1, 0.15) is 6.29 Å². The standard InChI is InChI=1S/C12H12O2/c1-10-11(5-2-3-8-13)6-4-7-12(10)9-14/h4,6-8,14H,3,9H2,1H3. The molecule has 0 radical (unpaired) electrons. The zero-order valence-corrected chi connectivity index (χ0v) is 8.08. The van der Waals surface area contributed by atoms with Gasteiger partial charge in [-0.1, -0.05) is 24.0 Å². The summed E-state index contributed by atoms with van der Waals surface area (Å²) >= 11 is 0. The summed E-state index contributed by atoms with van der Waals surface area (Å²) in [5.41, 5.74) is 2.73. The molecule has 0 atom stereocenters. The number of rotatable bonds is 2. The van der Waals surface area contributed by atoms with E-state index >= 15 is 0 Å². The first-order valence-corrected chi connectivity index (χ1v) is 4.41. The van der Waals surface area contributed by atoms with E-state index in [0.717, 1.165) is 23.0 Å². The Morgan fingerprint density at radius 1 is 1.50 bits per heavy atom. The van der Waals surface area contributed by atoms with Crippen molar-refractivity contribution in [2.24, 2.45) is 0 Å². The maximum Gasteiger partial charge on any atom is 0.131 e. The van der Waals surface area contributed by atoms with E-state index in [0.29, 0.717) is 0 Å². The number of benzene rings is 1. The predicted molar refractivity (Wildman–Crippen MR) is 54.7 cm³/mol. The van der Waals surface area contributed by atoms with Crippen LogP contribution in [0.1, 0.15) is 23.1 Å². The summed E-state index contributed by atoms with van der Waals surface area (Å²) in [6, 6.07) is 5.59. The Labute approximate surface area is 83.6 Å². The zero-order valence-electron chi connectivity index (χ0n) is 8.08. The fourth-order valence-corrected chi connectivity index (χ4v) is 1.18. The Morgan fingerprint density at radius 3 is 2.93 bits per heavy atom. The highest BCUT2D eigenvalue weighted by atomic mass is 16.3. The summed E-state index contributed by atoms with van der Waals surface area (Å²) in [5, 5.41) is 9.01. The smallest absolute Gasteiger partial charge is 0.131 e. The molecule has 1 N–H and O–H groups in total. The lowest BCUT2D eigenvalue weighted by atomic mass is 10.0. The van der Waals surface area contributed by atoms with E-state index in [1.54, 1.807) is 0 Å². The number of aldehydes is 1. The Hall–Kier alpha value is -1.59. The summed E-state index contributed by atoms with van der Waals surface area (Å²) < 4.78 is 0. The summed E-state index contributed by atoms with van der Waals surface area (Å²) in [7, 11) is 0. The van der Waals surface area contributed by atoms with Crippen molar-refractivity contribution in [1.29, 1.82) is 0 Å². The minimum absolute atomic E-state index is 0.0229. The molecule has 0 saturated heterocycles. The molecule has 0 saturated carbocycles. The van der Waals surface area contributed by atoms with Gasteiger partial charge in [-0.2, -0.15) is 0 Å². The van der Waals surface area contributed by atoms with Crippen molar-refractivity contribution in [2.45, 2.75) is 20.0 Å². The summed E-state index contributed by atoms with van der Waals surface area (Å²) in [6.45, 7) is 1.94. The summed E-state index contributed by atoms with van der Waals surface area (Å²) in [4.78, 5) is 10.1. The second-order valence-electron chi connectivity index (χ2n) is 2.92. The van der Waals surface area contributed by atoms with E-state index in [2.05, 4.69) is 11.8 Å². The largest absolute Gasteiger partial charge is 0.392 e. The van der Waals surface area contributed by atoms with Crippen molar-refractivity contribution in [3.05, 3.63) is 34.9 Å². The zero-order chi connectivity index (χ0) is 10.4. The quantitative estimate of drug-likeness (QED) is 0.563. The second-order valence-corrected chi connectivity index (χ2v) is 2.92. The van der Waals surface area contributed by atoms with Crippen molar-refractivity contribution in [3.8, 4) is 11.8 Å². The van der Waals surface area contributed by atoms with Crippen LogP contribution in [0.15, 0.2) is 18.2 Å². The van der Waals surface area contributed by atoms with E-state index in [1.165, 1.54) is 0 Å². The Morgan fingerprint density at radius 2 is 2.29 bits per heavy atom. The van der Waals surface area contributed by atoms with Gasteiger partial charge in [0, 0.05) is 5.56 Å². The number of aliphatic hydroxyl groups excluding tert-OH is 1. The second kappa shape index (κ2) is 5.21. The SMILES string of the molecule is Cc1c(C#CCC=O)cccc1CO. The normalized spacial score (nSPS) is 9.00. The minimum atomic E-state index is 0.0229. The lowest BCUT2D eigenvalue weighted by Crippen LogP contribution is -1.91. The monoisotopic (exact) mass is 188 g/mol. The maximum absolute atomic E-state index is 10.1. The average molecular weight is 188 g/mol. The van der Waals surface area contributed by atoms with Gasteiger partial charge in [-0.3, -0.25) is 0 Å². The van der Waals surface area contributed by atoms with Gasteiger partial charge in [0.2, 0.25) is 0 Å². The Kier molecular flexibility index (Phi) is 3.90. The van der Waals surface area contributed by atoms with Crippen molar-refractivity contribution < 1.29 is 9.90 Å². The molecule has 0 aliphatic rings.